The molecule has 6 heteroatoms. The number of hydrogen-bond donors (Lipinski definition) is 1. The van der Waals surface area contributed by atoms with Gasteiger partial charge in [0, 0.05) is 56.5 Å². The van der Waals surface area contributed by atoms with Gasteiger partial charge in [0.2, 0.25) is 0 Å². The maximum atomic E-state index is 11.4. The molecule has 0 amide bonds. The Kier molecular flexibility index (Phi) is 4.46. The van der Waals surface area contributed by atoms with Crippen molar-refractivity contribution in [2.75, 3.05) is 13.6 Å². The molecule has 0 aliphatic heterocycles. The molecule has 0 saturated carbocycles. The van der Waals surface area contributed by atoms with Crippen LogP contribution >= 0.6 is 0 Å². The van der Waals surface area contributed by atoms with Gasteiger partial charge >= 0.3 is 5.69 Å². The summed E-state index contributed by atoms with van der Waals surface area (Å²) in [6, 6.07) is 0.353. The van der Waals surface area contributed by atoms with Crippen LogP contribution in [0.5, 0.6) is 0 Å². The first kappa shape index (κ1) is 13.5. The van der Waals surface area contributed by atoms with E-state index < -0.39 is 0 Å². The molecule has 102 valence electrons. The van der Waals surface area contributed by atoms with Gasteiger partial charge in [-0.25, -0.2) is 4.79 Å². The van der Waals surface area contributed by atoms with E-state index in [4.69, 9.17) is 0 Å². The summed E-state index contributed by atoms with van der Waals surface area (Å²) in [6.07, 6.45) is 9.46. The summed E-state index contributed by atoms with van der Waals surface area (Å²) < 4.78 is 1.67. The third kappa shape index (κ3) is 3.75. The van der Waals surface area contributed by atoms with E-state index in [2.05, 4.69) is 33.8 Å². The largest absolute Gasteiger partial charge is 0.325 e. The zero-order chi connectivity index (χ0) is 13.7. The van der Waals surface area contributed by atoms with Gasteiger partial charge in [-0.1, -0.05) is 0 Å². The lowest BCUT2D eigenvalue weighted by Crippen LogP contribution is -2.35. The van der Waals surface area contributed by atoms with E-state index in [1.54, 1.807) is 35.6 Å². The number of rotatable bonds is 6. The third-order valence-corrected chi connectivity index (χ3v) is 3.29. The molecule has 1 atom stereocenters. The van der Waals surface area contributed by atoms with Crippen molar-refractivity contribution >= 4 is 0 Å². The first-order valence-electron chi connectivity index (χ1n) is 6.36. The predicted molar refractivity (Wildman–Crippen MR) is 72.9 cm³/mol. The van der Waals surface area contributed by atoms with Gasteiger partial charge in [-0.3, -0.25) is 14.5 Å². The summed E-state index contributed by atoms with van der Waals surface area (Å²) in [7, 11) is 2.05. The molecule has 2 aromatic heterocycles. The molecule has 19 heavy (non-hydrogen) atoms. The fourth-order valence-corrected chi connectivity index (χ4v) is 1.90. The molecule has 2 heterocycles. The van der Waals surface area contributed by atoms with Crippen LogP contribution in [-0.2, 0) is 13.0 Å². The van der Waals surface area contributed by atoms with Crippen molar-refractivity contribution in [1.29, 1.82) is 0 Å². The summed E-state index contributed by atoms with van der Waals surface area (Å²) in [4.78, 5) is 24.6. The molecule has 0 radical (unpaired) electrons. The Morgan fingerprint density at radius 3 is 2.95 bits per heavy atom. The molecule has 0 saturated heterocycles. The van der Waals surface area contributed by atoms with E-state index in [1.165, 1.54) is 0 Å². The minimum absolute atomic E-state index is 0.0602. The van der Waals surface area contributed by atoms with Crippen LogP contribution < -0.4 is 5.69 Å². The van der Waals surface area contributed by atoms with Crippen LogP contribution in [0.1, 0.15) is 12.6 Å². The summed E-state index contributed by atoms with van der Waals surface area (Å²) in [5.74, 6) is 0. The standard InChI is InChI=1S/C13H19N5O/c1-11(9-12-10-14-3-4-15-12)17(2)7-8-18-6-5-16-13(18)19/h3-6,10-11H,7-9H2,1-2H3,(H,16,19). The van der Waals surface area contributed by atoms with Gasteiger partial charge in [-0.2, -0.15) is 0 Å². The summed E-state index contributed by atoms with van der Waals surface area (Å²) in [6.45, 7) is 3.65. The molecule has 0 bridgehead atoms. The topological polar surface area (TPSA) is 66.8 Å². The molecular weight excluding hydrogens is 242 g/mol. The van der Waals surface area contributed by atoms with E-state index in [9.17, 15) is 4.79 Å². The van der Waals surface area contributed by atoms with E-state index in [1.807, 2.05) is 0 Å². The summed E-state index contributed by atoms with van der Waals surface area (Å²) in [5.41, 5.74) is 0.927. The summed E-state index contributed by atoms with van der Waals surface area (Å²) in [5, 5.41) is 0. The number of aromatic nitrogens is 4. The van der Waals surface area contributed by atoms with Crippen molar-refractivity contribution in [3.63, 3.8) is 0 Å². The quantitative estimate of drug-likeness (QED) is 0.823. The molecule has 2 aromatic rings. The fourth-order valence-electron chi connectivity index (χ4n) is 1.90. The second-order valence-electron chi connectivity index (χ2n) is 4.69. The molecule has 1 N–H and O–H groups in total. The average molecular weight is 261 g/mol. The molecule has 0 aliphatic rings. The zero-order valence-corrected chi connectivity index (χ0v) is 11.3. The smallest absolute Gasteiger partial charge is 0.313 e. The number of aromatic amines is 1. The Hall–Kier alpha value is -1.95. The monoisotopic (exact) mass is 261 g/mol. The Morgan fingerprint density at radius 1 is 1.47 bits per heavy atom. The highest BCUT2D eigenvalue weighted by molar-refractivity contribution is 4.97. The number of imidazole rings is 1. The van der Waals surface area contributed by atoms with Crippen LogP contribution in [0.15, 0.2) is 35.8 Å². The number of H-pyrrole nitrogens is 1. The van der Waals surface area contributed by atoms with E-state index in [-0.39, 0.29) is 5.69 Å². The van der Waals surface area contributed by atoms with Crippen LogP contribution in [0.3, 0.4) is 0 Å². The lowest BCUT2D eigenvalue weighted by atomic mass is 10.1. The molecular formula is C13H19N5O. The molecule has 2 rings (SSSR count). The normalized spacial score (nSPS) is 12.8. The SMILES string of the molecule is CC(Cc1cnccn1)N(C)CCn1cc[nH]c1=O. The lowest BCUT2D eigenvalue weighted by Gasteiger charge is -2.24. The van der Waals surface area contributed by atoms with Crippen LogP contribution in [0, 0.1) is 0 Å². The van der Waals surface area contributed by atoms with Gasteiger partial charge in [-0.05, 0) is 14.0 Å². The van der Waals surface area contributed by atoms with Crippen LogP contribution in [0.25, 0.3) is 0 Å². The minimum Gasteiger partial charge on any atom is -0.313 e. The van der Waals surface area contributed by atoms with Crippen molar-refractivity contribution in [3.8, 4) is 0 Å². The first-order chi connectivity index (χ1) is 9.16. The number of nitrogens with zero attached hydrogens (tertiary/aromatic N) is 4. The van der Waals surface area contributed by atoms with Gasteiger partial charge in [-0.15, -0.1) is 0 Å². The maximum Gasteiger partial charge on any atom is 0.325 e. The molecule has 0 fully saturated rings. The van der Waals surface area contributed by atoms with Crippen molar-refractivity contribution in [2.45, 2.75) is 25.9 Å². The van der Waals surface area contributed by atoms with Gasteiger partial charge in [0.05, 0.1) is 5.69 Å². The third-order valence-electron chi connectivity index (χ3n) is 3.29. The molecule has 0 aliphatic carbocycles. The van der Waals surface area contributed by atoms with E-state index in [0.29, 0.717) is 12.6 Å². The number of likely N-dealkylation sites (N-methyl/N-ethyl adjacent to an activating group) is 1. The molecule has 1 unspecified atom stereocenters. The highest BCUT2D eigenvalue weighted by Crippen LogP contribution is 2.03. The highest BCUT2D eigenvalue weighted by Gasteiger charge is 2.11. The van der Waals surface area contributed by atoms with Crippen LogP contribution in [0.2, 0.25) is 0 Å². The van der Waals surface area contributed by atoms with Gasteiger partial charge in [0.25, 0.3) is 0 Å². The molecule has 6 nitrogen and oxygen atoms in total. The van der Waals surface area contributed by atoms with Crippen LogP contribution in [-0.4, -0.2) is 44.1 Å². The van der Waals surface area contributed by atoms with E-state index >= 15 is 0 Å². The van der Waals surface area contributed by atoms with Crippen molar-refractivity contribution in [1.82, 2.24) is 24.4 Å². The summed E-state index contributed by atoms with van der Waals surface area (Å²) >= 11 is 0. The average Bonchev–Trinajstić information content (AvgIpc) is 2.82. The van der Waals surface area contributed by atoms with Crippen LogP contribution in [0.4, 0.5) is 0 Å². The van der Waals surface area contributed by atoms with Crippen molar-refractivity contribution in [3.05, 3.63) is 47.2 Å². The maximum absolute atomic E-state index is 11.4. The van der Waals surface area contributed by atoms with Crippen molar-refractivity contribution < 1.29 is 0 Å². The second kappa shape index (κ2) is 6.29. The molecule has 0 spiro atoms. The Labute approximate surface area is 112 Å². The number of nitrogens with one attached hydrogen (secondary N) is 1. The number of hydrogen-bond acceptors (Lipinski definition) is 4. The second-order valence-corrected chi connectivity index (χ2v) is 4.69. The zero-order valence-electron chi connectivity index (χ0n) is 11.3. The Morgan fingerprint density at radius 2 is 2.32 bits per heavy atom. The molecule has 0 aromatic carbocycles. The van der Waals surface area contributed by atoms with Gasteiger partial charge in [0.15, 0.2) is 0 Å². The van der Waals surface area contributed by atoms with Crippen molar-refractivity contribution in [2.24, 2.45) is 0 Å². The fraction of sp³-hybridized carbons (Fsp3) is 0.462. The van der Waals surface area contributed by atoms with Gasteiger partial charge < -0.3 is 9.88 Å². The highest BCUT2D eigenvalue weighted by atomic mass is 16.1. The predicted octanol–water partition coefficient (Wildman–Crippen LogP) is 0.529. The van der Waals surface area contributed by atoms with Gasteiger partial charge in [0.1, 0.15) is 0 Å². The Bertz CT molecular complexity index is 547. The Balaban J connectivity index is 1.84. The lowest BCUT2D eigenvalue weighted by molar-refractivity contribution is 0.244. The minimum atomic E-state index is -0.0602. The first-order valence-corrected chi connectivity index (χ1v) is 6.36. The van der Waals surface area contributed by atoms with E-state index in [0.717, 1.165) is 18.7 Å².